The van der Waals surface area contributed by atoms with E-state index >= 15 is 0 Å². The van der Waals surface area contributed by atoms with Gasteiger partial charge in [-0.1, -0.05) is 12.1 Å². The molecule has 0 atom stereocenters. The highest BCUT2D eigenvalue weighted by Crippen LogP contribution is 2.24. The van der Waals surface area contributed by atoms with E-state index in [0.29, 0.717) is 23.5 Å². The van der Waals surface area contributed by atoms with Gasteiger partial charge in [0.25, 0.3) is 5.56 Å². The van der Waals surface area contributed by atoms with E-state index in [-0.39, 0.29) is 19.9 Å². The molecule has 0 bridgehead atoms. The Bertz CT molecular complexity index is 1170. The van der Waals surface area contributed by atoms with Gasteiger partial charge in [0.05, 0.1) is 13.7 Å². The van der Waals surface area contributed by atoms with Gasteiger partial charge in [-0.05, 0) is 42.0 Å². The van der Waals surface area contributed by atoms with Crippen molar-refractivity contribution in [3.8, 4) is 17.2 Å². The summed E-state index contributed by atoms with van der Waals surface area (Å²) in [7, 11) is 1.60. The zero-order chi connectivity index (χ0) is 22.9. The van der Waals surface area contributed by atoms with E-state index in [1.54, 1.807) is 31.4 Å². The molecule has 0 spiro atoms. The highest BCUT2D eigenvalue weighted by Gasteiger charge is 2.08. The van der Waals surface area contributed by atoms with E-state index in [1.807, 2.05) is 24.3 Å². The van der Waals surface area contributed by atoms with Gasteiger partial charge in [-0.3, -0.25) is 19.1 Å². The van der Waals surface area contributed by atoms with Gasteiger partial charge in [-0.25, -0.2) is 4.79 Å². The Morgan fingerprint density at radius 2 is 1.75 bits per heavy atom. The Morgan fingerprint density at radius 3 is 2.47 bits per heavy atom. The molecule has 0 aliphatic carbocycles. The van der Waals surface area contributed by atoms with Crippen LogP contribution in [0.3, 0.4) is 0 Å². The molecular formula is C23H24N2O7. The number of rotatable bonds is 10. The predicted molar refractivity (Wildman–Crippen MR) is 116 cm³/mol. The third-order valence-corrected chi connectivity index (χ3v) is 4.44. The SMILES string of the molecule is COc1ccc(Oc2cccc(Cc3cn(COCCOC(C)=O)c(=O)[nH]c3=O)c2)cc1. The summed E-state index contributed by atoms with van der Waals surface area (Å²) >= 11 is 0. The lowest BCUT2D eigenvalue weighted by Crippen LogP contribution is -2.32. The Morgan fingerprint density at radius 1 is 1.00 bits per heavy atom. The van der Waals surface area contributed by atoms with Crippen LogP contribution in [0.2, 0.25) is 0 Å². The maximum atomic E-state index is 12.3. The Balaban J connectivity index is 1.68. The molecule has 0 saturated carbocycles. The maximum Gasteiger partial charge on any atom is 0.330 e. The van der Waals surface area contributed by atoms with Gasteiger partial charge in [0.2, 0.25) is 0 Å². The van der Waals surface area contributed by atoms with Gasteiger partial charge in [0.1, 0.15) is 30.6 Å². The number of H-pyrrole nitrogens is 1. The number of nitrogens with zero attached hydrogens (tertiary/aromatic N) is 1. The van der Waals surface area contributed by atoms with Gasteiger partial charge < -0.3 is 18.9 Å². The van der Waals surface area contributed by atoms with Crippen molar-refractivity contribution in [1.82, 2.24) is 9.55 Å². The van der Waals surface area contributed by atoms with Gasteiger partial charge in [0, 0.05) is 25.1 Å². The van der Waals surface area contributed by atoms with Crippen molar-refractivity contribution in [3.05, 3.63) is 86.7 Å². The normalized spacial score (nSPS) is 10.6. The minimum absolute atomic E-state index is 0.0789. The number of esters is 1. The number of methoxy groups -OCH3 is 1. The van der Waals surface area contributed by atoms with Crippen molar-refractivity contribution >= 4 is 5.97 Å². The predicted octanol–water partition coefficient (Wildman–Crippen LogP) is 2.47. The second-order valence-electron chi connectivity index (χ2n) is 6.86. The van der Waals surface area contributed by atoms with E-state index in [0.717, 1.165) is 11.3 Å². The van der Waals surface area contributed by atoms with Crippen LogP contribution in [0.5, 0.6) is 17.2 Å². The summed E-state index contributed by atoms with van der Waals surface area (Å²) in [6, 6.07) is 14.5. The smallest absolute Gasteiger partial charge is 0.330 e. The summed E-state index contributed by atoms with van der Waals surface area (Å²) in [6.07, 6.45) is 1.76. The number of hydrogen-bond acceptors (Lipinski definition) is 7. The fourth-order valence-electron chi connectivity index (χ4n) is 2.90. The Labute approximate surface area is 184 Å². The van der Waals surface area contributed by atoms with Crippen molar-refractivity contribution in [2.24, 2.45) is 0 Å². The van der Waals surface area contributed by atoms with Crippen LogP contribution in [0.25, 0.3) is 0 Å². The lowest BCUT2D eigenvalue weighted by atomic mass is 10.1. The molecule has 0 aliphatic heterocycles. The molecule has 0 amide bonds. The average molecular weight is 440 g/mol. The van der Waals surface area contributed by atoms with Crippen LogP contribution in [0, 0.1) is 0 Å². The van der Waals surface area contributed by atoms with Crippen molar-refractivity contribution in [2.45, 2.75) is 20.1 Å². The largest absolute Gasteiger partial charge is 0.497 e. The standard InChI is InChI=1S/C23H24N2O7/c1-16(26)31-11-10-30-15-25-14-18(22(27)24-23(25)28)12-17-4-3-5-21(13-17)32-20-8-6-19(29-2)7-9-20/h3-9,13-14H,10-12,15H2,1-2H3,(H,24,27,28). The molecule has 0 saturated heterocycles. The monoisotopic (exact) mass is 440 g/mol. The Kier molecular flexibility index (Phi) is 7.82. The summed E-state index contributed by atoms with van der Waals surface area (Å²) in [4.78, 5) is 37.4. The van der Waals surface area contributed by atoms with Crippen molar-refractivity contribution in [1.29, 1.82) is 0 Å². The number of carbonyl (C=O) groups is 1. The molecule has 0 fully saturated rings. The molecule has 1 heterocycles. The van der Waals surface area contributed by atoms with E-state index in [9.17, 15) is 14.4 Å². The van der Waals surface area contributed by atoms with E-state index < -0.39 is 17.2 Å². The van der Waals surface area contributed by atoms with Crippen LogP contribution < -0.4 is 20.7 Å². The van der Waals surface area contributed by atoms with E-state index in [4.69, 9.17) is 18.9 Å². The maximum absolute atomic E-state index is 12.3. The summed E-state index contributed by atoms with van der Waals surface area (Å²) in [5, 5.41) is 0. The van der Waals surface area contributed by atoms with Crippen LogP contribution in [0.15, 0.2) is 64.3 Å². The number of ether oxygens (including phenoxy) is 4. The molecule has 9 heteroatoms. The van der Waals surface area contributed by atoms with Gasteiger partial charge in [0.15, 0.2) is 0 Å². The first-order chi connectivity index (χ1) is 15.4. The molecule has 3 aromatic rings. The van der Waals surface area contributed by atoms with Gasteiger partial charge >= 0.3 is 11.7 Å². The number of aromatic amines is 1. The molecule has 168 valence electrons. The van der Waals surface area contributed by atoms with Gasteiger partial charge in [-0.2, -0.15) is 0 Å². The molecule has 2 aromatic carbocycles. The fourth-order valence-corrected chi connectivity index (χ4v) is 2.90. The van der Waals surface area contributed by atoms with Gasteiger partial charge in [-0.15, -0.1) is 0 Å². The molecule has 9 nitrogen and oxygen atoms in total. The first-order valence-corrected chi connectivity index (χ1v) is 9.89. The lowest BCUT2D eigenvalue weighted by Gasteiger charge is -2.10. The third-order valence-electron chi connectivity index (χ3n) is 4.44. The fraction of sp³-hybridized carbons (Fsp3) is 0.261. The zero-order valence-corrected chi connectivity index (χ0v) is 17.8. The minimum atomic E-state index is -0.581. The summed E-state index contributed by atoms with van der Waals surface area (Å²) in [6.45, 7) is 1.44. The van der Waals surface area contributed by atoms with Crippen LogP contribution >= 0.6 is 0 Å². The first-order valence-electron chi connectivity index (χ1n) is 9.89. The van der Waals surface area contributed by atoms with Crippen molar-refractivity contribution in [2.75, 3.05) is 20.3 Å². The highest BCUT2D eigenvalue weighted by molar-refractivity contribution is 5.65. The first kappa shape index (κ1) is 22.8. The number of aromatic nitrogens is 2. The second kappa shape index (κ2) is 11.0. The van der Waals surface area contributed by atoms with E-state index in [2.05, 4.69) is 4.98 Å². The summed E-state index contributed by atoms with van der Waals surface area (Å²) < 4.78 is 22.4. The van der Waals surface area contributed by atoms with Crippen LogP contribution in [0.1, 0.15) is 18.1 Å². The molecule has 0 unspecified atom stereocenters. The lowest BCUT2D eigenvalue weighted by molar-refractivity contribution is -0.142. The molecule has 0 radical (unpaired) electrons. The molecular weight excluding hydrogens is 416 g/mol. The molecule has 3 rings (SSSR count). The van der Waals surface area contributed by atoms with Crippen molar-refractivity contribution < 1.29 is 23.7 Å². The number of hydrogen-bond donors (Lipinski definition) is 1. The number of carbonyl (C=O) groups excluding carboxylic acids is 1. The molecule has 32 heavy (non-hydrogen) atoms. The van der Waals surface area contributed by atoms with Crippen LogP contribution in [-0.2, 0) is 27.4 Å². The number of nitrogens with one attached hydrogen (secondary N) is 1. The molecule has 1 aromatic heterocycles. The van der Waals surface area contributed by atoms with Crippen molar-refractivity contribution in [3.63, 3.8) is 0 Å². The highest BCUT2D eigenvalue weighted by atomic mass is 16.6. The van der Waals surface area contributed by atoms with Crippen LogP contribution in [0.4, 0.5) is 0 Å². The van der Waals surface area contributed by atoms with E-state index in [1.165, 1.54) is 17.7 Å². The summed E-state index contributed by atoms with van der Waals surface area (Å²) in [5.41, 5.74) is 0.188. The number of benzene rings is 2. The summed E-state index contributed by atoms with van der Waals surface area (Å²) in [5.74, 6) is 1.59. The quantitative estimate of drug-likeness (QED) is 0.381. The zero-order valence-electron chi connectivity index (χ0n) is 17.8. The Hall–Kier alpha value is -3.85. The molecule has 0 aliphatic rings. The van der Waals surface area contributed by atoms with Crippen LogP contribution in [-0.4, -0.2) is 35.8 Å². The third kappa shape index (κ3) is 6.58. The average Bonchev–Trinajstić information content (AvgIpc) is 2.77. The molecule has 1 N–H and O–H groups in total. The topological polar surface area (TPSA) is 109 Å². The second-order valence-corrected chi connectivity index (χ2v) is 6.86. The minimum Gasteiger partial charge on any atom is -0.497 e.